The molecule has 0 radical (unpaired) electrons. The van der Waals surface area contributed by atoms with Gasteiger partial charge < -0.3 is 9.42 Å². The van der Waals surface area contributed by atoms with E-state index in [2.05, 4.69) is 59.0 Å². The number of benzene rings is 1. The summed E-state index contributed by atoms with van der Waals surface area (Å²) in [5, 5.41) is 4.97. The Kier molecular flexibility index (Phi) is 7.16. The van der Waals surface area contributed by atoms with Gasteiger partial charge in [-0.05, 0) is 43.7 Å². The highest BCUT2D eigenvalue weighted by atomic mass is 35.5. The van der Waals surface area contributed by atoms with Crippen LogP contribution in [0.3, 0.4) is 0 Å². The minimum Gasteiger partial charge on any atom is -0.369 e. The number of likely N-dealkylation sites (N-methyl/N-ethyl adjacent to an activating group) is 1. The number of rotatable bonds is 8. The number of hydrogen-bond donors (Lipinski definition) is 0. The monoisotopic (exact) mass is 390 g/mol. The quantitative estimate of drug-likeness (QED) is 0.685. The minimum atomic E-state index is 0.604. The number of hydrogen-bond acceptors (Lipinski definition) is 5. The van der Waals surface area contributed by atoms with Crippen LogP contribution >= 0.6 is 11.6 Å². The van der Waals surface area contributed by atoms with Crippen molar-refractivity contribution in [2.75, 3.05) is 51.2 Å². The second kappa shape index (κ2) is 9.58. The molecule has 1 aromatic heterocycles. The maximum atomic E-state index is 5.98. The molecule has 0 atom stereocenters. The van der Waals surface area contributed by atoms with E-state index in [9.17, 15) is 0 Å². The Morgan fingerprint density at radius 2 is 1.85 bits per heavy atom. The van der Waals surface area contributed by atoms with Crippen molar-refractivity contribution in [2.24, 2.45) is 5.92 Å². The number of nitrogens with zero attached hydrogens (tertiary/aromatic N) is 4. The van der Waals surface area contributed by atoms with Crippen molar-refractivity contribution in [1.29, 1.82) is 0 Å². The van der Waals surface area contributed by atoms with Gasteiger partial charge in [-0.1, -0.05) is 30.6 Å². The molecule has 2 aromatic rings. The molecule has 0 aliphatic carbocycles. The van der Waals surface area contributed by atoms with Gasteiger partial charge >= 0.3 is 0 Å². The summed E-state index contributed by atoms with van der Waals surface area (Å²) in [5.41, 5.74) is 2.32. The zero-order valence-electron chi connectivity index (χ0n) is 16.7. The maximum Gasteiger partial charge on any atom is 0.150 e. The summed E-state index contributed by atoms with van der Waals surface area (Å²) in [6.07, 6.45) is 0.977. The van der Waals surface area contributed by atoms with E-state index in [4.69, 9.17) is 16.1 Å². The highest BCUT2D eigenvalue weighted by Crippen LogP contribution is 2.19. The molecule has 0 unspecified atom stereocenters. The molecule has 2 heterocycles. The Labute approximate surface area is 167 Å². The van der Waals surface area contributed by atoms with Gasteiger partial charge in [-0.3, -0.25) is 9.80 Å². The van der Waals surface area contributed by atoms with Crippen LogP contribution in [0.1, 0.15) is 25.3 Å². The van der Waals surface area contributed by atoms with Crippen LogP contribution in [0.5, 0.6) is 0 Å². The van der Waals surface area contributed by atoms with Crippen molar-refractivity contribution in [1.82, 2.24) is 15.0 Å². The Morgan fingerprint density at radius 1 is 1.15 bits per heavy atom. The van der Waals surface area contributed by atoms with E-state index in [1.165, 1.54) is 5.69 Å². The summed E-state index contributed by atoms with van der Waals surface area (Å²) in [6, 6.07) is 10.2. The van der Waals surface area contributed by atoms with E-state index in [-0.39, 0.29) is 0 Å². The molecule has 0 amide bonds. The van der Waals surface area contributed by atoms with Gasteiger partial charge in [-0.15, -0.1) is 0 Å². The predicted octanol–water partition coefficient (Wildman–Crippen LogP) is 3.78. The Bertz CT molecular complexity index is 692. The molecular weight excluding hydrogens is 360 g/mol. The summed E-state index contributed by atoms with van der Waals surface area (Å²) < 4.78 is 5.48. The Balaban J connectivity index is 1.38. The van der Waals surface area contributed by atoms with Crippen molar-refractivity contribution in [3.05, 3.63) is 46.8 Å². The van der Waals surface area contributed by atoms with Gasteiger partial charge in [0.25, 0.3) is 0 Å². The van der Waals surface area contributed by atoms with Crippen molar-refractivity contribution < 1.29 is 4.52 Å². The Hall–Kier alpha value is -1.56. The van der Waals surface area contributed by atoms with Crippen LogP contribution in [-0.2, 0) is 13.0 Å². The number of piperazine rings is 1. The number of halogens is 1. The first kappa shape index (κ1) is 20.2. The highest BCUT2D eigenvalue weighted by molar-refractivity contribution is 6.30. The molecule has 148 valence electrons. The number of anilines is 1. The largest absolute Gasteiger partial charge is 0.369 e. The number of aromatic nitrogens is 1. The topological polar surface area (TPSA) is 35.8 Å². The molecule has 1 saturated heterocycles. The van der Waals surface area contributed by atoms with Gasteiger partial charge in [0.05, 0.1) is 12.2 Å². The smallest absolute Gasteiger partial charge is 0.150 e. The summed E-state index contributed by atoms with van der Waals surface area (Å²) >= 11 is 5.98. The lowest BCUT2D eigenvalue weighted by atomic mass is 10.1. The van der Waals surface area contributed by atoms with E-state index < -0.39 is 0 Å². The van der Waals surface area contributed by atoms with Crippen LogP contribution in [0.25, 0.3) is 0 Å². The van der Waals surface area contributed by atoms with Crippen LogP contribution in [-0.4, -0.2) is 61.3 Å². The van der Waals surface area contributed by atoms with E-state index in [0.29, 0.717) is 5.92 Å². The van der Waals surface area contributed by atoms with Crippen molar-refractivity contribution in [2.45, 2.75) is 26.8 Å². The normalized spacial score (nSPS) is 15.9. The molecule has 5 nitrogen and oxygen atoms in total. The summed E-state index contributed by atoms with van der Waals surface area (Å²) in [7, 11) is 2.15. The lowest BCUT2D eigenvalue weighted by molar-refractivity contribution is 0.201. The molecule has 1 aliphatic heterocycles. The molecule has 3 rings (SSSR count). The van der Waals surface area contributed by atoms with Crippen molar-refractivity contribution in [3.63, 3.8) is 0 Å². The van der Waals surface area contributed by atoms with Crippen molar-refractivity contribution in [3.8, 4) is 0 Å². The first-order valence-corrected chi connectivity index (χ1v) is 10.2. The van der Waals surface area contributed by atoms with Gasteiger partial charge in [0, 0.05) is 56.0 Å². The molecule has 1 aromatic carbocycles. The van der Waals surface area contributed by atoms with E-state index in [0.717, 1.165) is 68.7 Å². The second-order valence-electron chi connectivity index (χ2n) is 7.93. The van der Waals surface area contributed by atoms with E-state index in [1.807, 2.05) is 12.1 Å². The van der Waals surface area contributed by atoms with Gasteiger partial charge in [0.2, 0.25) is 0 Å². The predicted molar refractivity (Wildman–Crippen MR) is 111 cm³/mol. The standard InChI is InChI=1S/C21H31ClN4O/c1-17(2)14-19-15-21(27-23-19)16-24(3)8-9-25-10-12-26(13-11-25)20-6-4-18(22)5-7-20/h4-7,15,17H,8-14,16H2,1-3H3. The second-order valence-corrected chi connectivity index (χ2v) is 8.36. The van der Waals surface area contributed by atoms with Crippen molar-refractivity contribution >= 4 is 17.3 Å². The molecule has 1 aliphatic rings. The summed E-state index contributed by atoms with van der Waals surface area (Å²) in [5.74, 6) is 1.56. The van der Waals surface area contributed by atoms with Crippen LogP contribution < -0.4 is 4.90 Å². The van der Waals surface area contributed by atoms with Gasteiger partial charge in [-0.2, -0.15) is 0 Å². The molecule has 0 saturated carbocycles. The van der Waals surface area contributed by atoms with Gasteiger partial charge in [0.1, 0.15) is 0 Å². The highest BCUT2D eigenvalue weighted by Gasteiger charge is 2.17. The van der Waals surface area contributed by atoms with Crippen LogP contribution in [0.2, 0.25) is 5.02 Å². The lowest BCUT2D eigenvalue weighted by Gasteiger charge is -2.36. The fourth-order valence-corrected chi connectivity index (χ4v) is 3.61. The molecule has 0 spiro atoms. The SMILES string of the molecule is CC(C)Cc1cc(CN(C)CCN2CCN(c3ccc(Cl)cc3)CC2)on1. The molecule has 1 fully saturated rings. The fraction of sp³-hybridized carbons (Fsp3) is 0.571. The lowest BCUT2D eigenvalue weighted by Crippen LogP contribution is -2.48. The summed E-state index contributed by atoms with van der Waals surface area (Å²) in [4.78, 5) is 7.28. The van der Waals surface area contributed by atoms with Crippen LogP contribution in [0, 0.1) is 5.92 Å². The maximum absolute atomic E-state index is 5.98. The third-order valence-electron chi connectivity index (χ3n) is 5.01. The first-order chi connectivity index (χ1) is 13.0. The zero-order chi connectivity index (χ0) is 19.2. The first-order valence-electron chi connectivity index (χ1n) is 9.85. The molecular formula is C21H31ClN4O. The fourth-order valence-electron chi connectivity index (χ4n) is 3.48. The van der Waals surface area contributed by atoms with Crippen LogP contribution in [0.4, 0.5) is 5.69 Å². The summed E-state index contributed by atoms with van der Waals surface area (Å²) in [6.45, 7) is 11.6. The van der Waals surface area contributed by atoms with E-state index >= 15 is 0 Å². The molecule has 6 heteroatoms. The Morgan fingerprint density at radius 3 is 2.52 bits per heavy atom. The molecule has 0 bridgehead atoms. The minimum absolute atomic E-state index is 0.604. The third-order valence-corrected chi connectivity index (χ3v) is 5.26. The molecule has 0 N–H and O–H groups in total. The molecule has 27 heavy (non-hydrogen) atoms. The van der Waals surface area contributed by atoms with Crippen LogP contribution in [0.15, 0.2) is 34.9 Å². The third kappa shape index (κ3) is 6.23. The van der Waals surface area contributed by atoms with E-state index in [1.54, 1.807) is 0 Å². The van der Waals surface area contributed by atoms with Gasteiger partial charge in [-0.25, -0.2) is 0 Å². The average molecular weight is 391 g/mol. The average Bonchev–Trinajstić information content (AvgIpc) is 3.07. The van der Waals surface area contributed by atoms with Gasteiger partial charge in [0.15, 0.2) is 5.76 Å². The zero-order valence-corrected chi connectivity index (χ0v) is 17.5.